The summed E-state index contributed by atoms with van der Waals surface area (Å²) in [6, 6.07) is 7.20. The Kier molecular flexibility index (Phi) is 3.79. The molecular weight excluding hydrogens is 115 g/mol. The summed E-state index contributed by atoms with van der Waals surface area (Å²) in [5.41, 5.74) is 3.97. The van der Waals surface area contributed by atoms with Gasteiger partial charge in [0.1, 0.15) is 0 Å². The molecule has 1 heteroatoms. The van der Waals surface area contributed by atoms with Crippen LogP contribution < -0.4 is 0 Å². The standard InChI is InChI=1S/C9H11.Li.H/c1-7-5-4-6-8(2)9(7)3;;/h4-5H,1-3H3;;. The van der Waals surface area contributed by atoms with Gasteiger partial charge in [0.25, 0.3) is 0 Å². The number of benzene rings is 1. The first-order chi connectivity index (χ1) is 4.22. The van der Waals surface area contributed by atoms with Crippen LogP contribution in [0.1, 0.15) is 16.7 Å². The van der Waals surface area contributed by atoms with Crippen LogP contribution in [-0.4, -0.2) is 18.9 Å². The van der Waals surface area contributed by atoms with Crippen LogP contribution in [0.2, 0.25) is 0 Å². The quantitative estimate of drug-likeness (QED) is 0.466. The van der Waals surface area contributed by atoms with Gasteiger partial charge in [-0.05, 0) is 43.5 Å². The van der Waals surface area contributed by atoms with Crippen LogP contribution in [0.4, 0.5) is 0 Å². The van der Waals surface area contributed by atoms with Gasteiger partial charge < -0.3 is 0 Å². The van der Waals surface area contributed by atoms with E-state index in [9.17, 15) is 0 Å². The summed E-state index contributed by atoms with van der Waals surface area (Å²) in [6.45, 7) is 6.33. The van der Waals surface area contributed by atoms with Gasteiger partial charge in [-0.2, -0.15) is 0 Å². The van der Waals surface area contributed by atoms with Crippen molar-refractivity contribution in [1.29, 1.82) is 0 Å². The normalized spacial score (nSPS) is 8.70. The Morgan fingerprint density at radius 3 is 2.20 bits per heavy atom. The molecule has 1 aromatic carbocycles. The molecule has 0 fully saturated rings. The van der Waals surface area contributed by atoms with Crippen molar-refractivity contribution in [2.75, 3.05) is 0 Å². The third kappa shape index (κ3) is 1.90. The Balaban J connectivity index is 0.000000810. The van der Waals surface area contributed by atoms with E-state index in [4.69, 9.17) is 0 Å². The monoisotopic (exact) mass is 127 g/mol. The molecule has 0 aromatic heterocycles. The molecule has 1 rings (SSSR count). The van der Waals surface area contributed by atoms with Crippen molar-refractivity contribution < 1.29 is 0 Å². The van der Waals surface area contributed by atoms with Crippen LogP contribution in [0.15, 0.2) is 12.1 Å². The number of hydrogen-bond donors (Lipinski definition) is 0. The summed E-state index contributed by atoms with van der Waals surface area (Å²) < 4.78 is 0. The maximum absolute atomic E-state index is 3.14. The predicted molar refractivity (Wildman–Crippen MR) is 46.6 cm³/mol. The first-order valence-electron chi connectivity index (χ1n) is 3.16. The summed E-state index contributed by atoms with van der Waals surface area (Å²) >= 11 is 0. The number of rotatable bonds is 0. The Morgan fingerprint density at radius 1 is 1.20 bits per heavy atom. The molecule has 0 unspecified atom stereocenters. The molecule has 0 heterocycles. The van der Waals surface area contributed by atoms with Gasteiger partial charge in [-0.3, -0.25) is 0 Å². The summed E-state index contributed by atoms with van der Waals surface area (Å²) in [5.74, 6) is 0. The molecule has 0 spiro atoms. The van der Waals surface area contributed by atoms with Gasteiger partial charge in [0, 0.05) is 0 Å². The van der Waals surface area contributed by atoms with Crippen LogP contribution in [0.5, 0.6) is 0 Å². The fourth-order valence-corrected chi connectivity index (χ4v) is 0.821. The molecule has 49 valence electrons. The molecule has 0 amide bonds. The second kappa shape index (κ2) is 3.86. The molecule has 0 bridgehead atoms. The Hall–Kier alpha value is -0.183. The van der Waals surface area contributed by atoms with E-state index in [1.807, 2.05) is 6.07 Å². The van der Waals surface area contributed by atoms with Crippen molar-refractivity contribution in [3.05, 3.63) is 34.9 Å². The summed E-state index contributed by atoms with van der Waals surface area (Å²) in [7, 11) is 0. The third-order valence-corrected chi connectivity index (χ3v) is 1.79. The van der Waals surface area contributed by atoms with E-state index >= 15 is 0 Å². The third-order valence-electron chi connectivity index (χ3n) is 1.79. The van der Waals surface area contributed by atoms with Gasteiger partial charge in [-0.1, -0.05) is 12.1 Å². The SMILES string of the molecule is Cc1[c]ccc(C)c1C.[LiH]. The topological polar surface area (TPSA) is 0 Å². The first kappa shape index (κ1) is 9.82. The average molecular weight is 127 g/mol. The van der Waals surface area contributed by atoms with Crippen molar-refractivity contribution >= 4 is 18.9 Å². The predicted octanol–water partition coefficient (Wildman–Crippen LogP) is 1.76. The summed E-state index contributed by atoms with van der Waals surface area (Å²) in [6.07, 6.45) is 0. The second-order valence-corrected chi connectivity index (χ2v) is 2.41. The Bertz CT molecular complexity index is 196. The average Bonchev–Trinajstić information content (AvgIpc) is 1.83. The minimum absolute atomic E-state index is 0. The summed E-state index contributed by atoms with van der Waals surface area (Å²) in [4.78, 5) is 0. The van der Waals surface area contributed by atoms with Crippen LogP contribution in [0, 0.1) is 26.8 Å². The van der Waals surface area contributed by atoms with Crippen molar-refractivity contribution in [2.45, 2.75) is 20.8 Å². The molecule has 0 nitrogen and oxygen atoms in total. The molecule has 1 aromatic rings. The van der Waals surface area contributed by atoms with Gasteiger partial charge in [-0.25, -0.2) is 0 Å². The first-order valence-corrected chi connectivity index (χ1v) is 3.16. The van der Waals surface area contributed by atoms with Gasteiger partial charge >= 0.3 is 18.9 Å². The number of aryl methyl sites for hydroxylation is 2. The van der Waals surface area contributed by atoms with Crippen molar-refractivity contribution in [3.63, 3.8) is 0 Å². The molecule has 0 N–H and O–H groups in total. The minimum atomic E-state index is 0. The maximum atomic E-state index is 3.14. The van der Waals surface area contributed by atoms with Crippen LogP contribution in [0.3, 0.4) is 0 Å². The van der Waals surface area contributed by atoms with Gasteiger partial charge in [0.05, 0.1) is 0 Å². The second-order valence-electron chi connectivity index (χ2n) is 2.41. The zero-order chi connectivity index (χ0) is 6.85. The van der Waals surface area contributed by atoms with E-state index in [0.717, 1.165) is 0 Å². The molecule has 10 heavy (non-hydrogen) atoms. The Labute approximate surface area is 74.8 Å². The molecule has 0 aliphatic carbocycles. The Morgan fingerprint density at radius 2 is 1.80 bits per heavy atom. The van der Waals surface area contributed by atoms with E-state index in [1.54, 1.807) is 0 Å². The molecule has 0 saturated heterocycles. The van der Waals surface area contributed by atoms with Crippen LogP contribution in [0.25, 0.3) is 0 Å². The van der Waals surface area contributed by atoms with E-state index in [-0.39, 0.29) is 18.9 Å². The van der Waals surface area contributed by atoms with E-state index in [0.29, 0.717) is 0 Å². The fourth-order valence-electron chi connectivity index (χ4n) is 0.821. The zero-order valence-electron chi connectivity index (χ0n) is 6.15. The fraction of sp³-hybridized carbons (Fsp3) is 0.333. The van der Waals surface area contributed by atoms with Gasteiger partial charge in [-0.15, -0.1) is 0 Å². The van der Waals surface area contributed by atoms with E-state index in [2.05, 4.69) is 32.9 Å². The van der Waals surface area contributed by atoms with Gasteiger partial charge in [0.2, 0.25) is 0 Å². The molecule has 0 aliphatic heterocycles. The van der Waals surface area contributed by atoms with E-state index < -0.39 is 0 Å². The zero-order valence-corrected chi connectivity index (χ0v) is 6.15. The van der Waals surface area contributed by atoms with Crippen molar-refractivity contribution in [1.82, 2.24) is 0 Å². The van der Waals surface area contributed by atoms with Crippen LogP contribution >= 0.6 is 0 Å². The van der Waals surface area contributed by atoms with Gasteiger partial charge in [0.15, 0.2) is 0 Å². The van der Waals surface area contributed by atoms with Crippen molar-refractivity contribution in [2.24, 2.45) is 0 Å². The summed E-state index contributed by atoms with van der Waals surface area (Å²) in [5, 5.41) is 0. The van der Waals surface area contributed by atoms with Crippen LogP contribution in [-0.2, 0) is 0 Å². The molecular formula is C9H12Li. The number of hydrogen-bond acceptors (Lipinski definition) is 0. The molecule has 0 saturated carbocycles. The molecule has 0 atom stereocenters. The van der Waals surface area contributed by atoms with E-state index in [1.165, 1.54) is 16.7 Å². The van der Waals surface area contributed by atoms with Crippen molar-refractivity contribution in [3.8, 4) is 0 Å². The molecule has 0 aliphatic rings. The molecule has 1 radical (unpaired) electrons.